The third-order valence-corrected chi connectivity index (χ3v) is 10.0. The molecule has 1 aliphatic carbocycles. The fraction of sp³-hybridized carbons (Fsp3) is 0.370. The largest absolute Gasteiger partial charge is 0.478 e. The standard InChI is InChI=1S/C27H28Cl2O4S2/c28-22-13-20(15-33-14-18-7-4-8-19(11-18)27(31)32)21(26(22)29)16-34-25-10-9-24(35-25)23(30)12-17-5-2-1-3-6-17/h1-11,20-23,26,30H,12-16H2,(H,31,32)/t20-,21?,22?,23?,26?/m1/s1. The summed E-state index contributed by atoms with van der Waals surface area (Å²) < 4.78 is 7.11. The normalized spacial score (nSPS) is 22.8. The summed E-state index contributed by atoms with van der Waals surface area (Å²) in [5.74, 6) is 0.320. The number of rotatable bonds is 11. The first-order chi connectivity index (χ1) is 16.9. The highest BCUT2D eigenvalue weighted by molar-refractivity contribution is 8.01. The second-order valence-electron chi connectivity index (χ2n) is 8.81. The van der Waals surface area contributed by atoms with Crippen LogP contribution < -0.4 is 0 Å². The lowest BCUT2D eigenvalue weighted by molar-refractivity contribution is 0.0694. The van der Waals surface area contributed by atoms with Crippen molar-refractivity contribution in [3.05, 3.63) is 88.3 Å². The summed E-state index contributed by atoms with van der Waals surface area (Å²) >= 11 is 16.6. The van der Waals surface area contributed by atoms with Crippen molar-refractivity contribution in [1.29, 1.82) is 0 Å². The van der Waals surface area contributed by atoms with Gasteiger partial charge in [0.05, 0.1) is 39.8 Å². The number of carbonyl (C=O) groups is 1. The molecule has 0 bridgehead atoms. The van der Waals surface area contributed by atoms with Gasteiger partial charge in [-0.25, -0.2) is 4.79 Å². The molecule has 1 fully saturated rings. The van der Waals surface area contributed by atoms with Crippen LogP contribution in [-0.4, -0.2) is 39.3 Å². The molecule has 0 spiro atoms. The molecule has 4 nitrogen and oxygen atoms in total. The number of aliphatic hydroxyl groups is 1. The Labute approximate surface area is 224 Å². The maximum Gasteiger partial charge on any atom is 0.335 e. The number of ether oxygens (including phenoxy) is 1. The van der Waals surface area contributed by atoms with Crippen molar-refractivity contribution in [2.24, 2.45) is 11.8 Å². The zero-order valence-electron chi connectivity index (χ0n) is 19.1. The zero-order chi connectivity index (χ0) is 24.8. The molecular formula is C27H28Cl2O4S2. The molecule has 0 amide bonds. The number of thiophene rings is 1. The van der Waals surface area contributed by atoms with E-state index in [0.717, 1.165) is 32.4 Å². The summed E-state index contributed by atoms with van der Waals surface area (Å²) in [4.78, 5) is 12.1. The van der Waals surface area contributed by atoms with E-state index in [1.165, 1.54) is 0 Å². The maximum atomic E-state index is 11.2. The summed E-state index contributed by atoms with van der Waals surface area (Å²) in [5.41, 5.74) is 2.20. The van der Waals surface area contributed by atoms with Crippen molar-refractivity contribution in [1.82, 2.24) is 0 Å². The Balaban J connectivity index is 1.29. The summed E-state index contributed by atoms with van der Waals surface area (Å²) in [6.45, 7) is 0.880. The smallest absolute Gasteiger partial charge is 0.335 e. The van der Waals surface area contributed by atoms with Gasteiger partial charge in [0.2, 0.25) is 0 Å². The predicted molar refractivity (Wildman–Crippen MR) is 144 cm³/mol. The highest BCUT2D eigenvalue weighted by Gasteiger charge is 2.41. The van der Waals surface area contributed by atoms with Crippen molar-refractivity contribution in [3.8, 4) is 0 Å². The first-order valence-electron chi connectivity index (χ1n) is 11.5. The third kappa shape index (κ3) is 7.25. The van der Waals surface area contributed by atoms with Gasteiger partial charge in [0.1, 0.15) is 0 Å². The molecule has 1 saturated carbocycles. The molecule has 4 rings (SSSR count). The SMILES string of the molecule is O=C(O)c1cccc(COC[C@H]2CC(Cl)C(Cl)C2CSc2ccc(C(O)Cc3ccccc3)s2)c1. The van der Waals surface area contributed by atoms with Crippen molar-refractivity contribution in [3.63, 3.8) is 0 Å². The first kappa shape index (κ1) is 26.5. The van der Waals surface area contributed by atoms with E-state index in [1.54, 1.807) is 41.3 Å². The Hall–Kier alpha value is -1.54. The molecule has 5 atom stereocenters. The Morgan fingerprint density at radius 3 is 2.63 bits per heavy atom. The number of carboxylic acid groups (broad SMARTS) is 1. The van der Waals surface area contributed by atoms with Crippen LogP contribution in [0, 0.1) is 11.8 Å². The molecule has 1 heterocycles. The van der Waals surface area contributed by atoms with Crippen LogP contribution in [-0.2, 0) is 17.8 Å². The van der Waals surface area contributed by atoms with Gasteiger partial charge in [-0.2, -0.15) is 0 Å². The van der Waals surface area contributed by atoms with E-state index < -0.39 is 12.1 Å². The average molecular weight is 552 g/mol. The summed E-state index contributed by atoms with van der Waals surface area (Å²) in [6, 6.07) is 20.9. The maximum absolute atomic E-state index is 11.2. The molecular weight excluding hydrogens is 523 g/mol. The van der Waals surface area contributed by atoms with E-state index in [9.17, 15) is 9.90 Å². The van der Waals surface area contributed by atoms with Crippen molar-refractivity contribution >= 4 is 52.3 Å². The minimum Gasteiger partial charge on any atom is -0.478 e. The Bertz CT molecular complexity index is 1110. The average Bonchev–Trinajstić information content (AvgIpc) is 3.43. The topological polar surface area (TPSA) is 66.8 Å². The summed E-state index contributed by atoms with van der Waals surface area (Å²) in [7, 11) is 0. The van der Waals surface area contributed by atoms with Crippen LogP contribution >= 0.6 is 46.3 Å². The van der Waals surface area contributed by atoms with E-state index in [4.69, 9.17) is 33.0 Å². The Kier molecular flexibility index (Phi) is 9.56. The van der Waals surface area contributed by atoms with Gasteiger partial charge in [0.25, 0.3) is 0 Å². The minimum absolute atomic E-state index is 0.0993. The van der Waals surface area contributed by atoms with Crippen LogP contribution in [0.15, 0.2) is 70.9 Å². The van der Waals surface area contributed by atoms with Crippen LogP contribution in [0.4, 0.5) is 0 Å². The molecule has 0 saturated heterocycles. The minimum atomic E-state index is -0.945. The number of hydrogen-bond donors (Lipinski definition) is 2. The van der Waals surface area contributed by atoms with Crippen molar-refractivity contribution in [2.75, 3.05) is 12.4 Å². The molecule has 8 heteroatoms. The lowest BCUT2D eigenvalue weighted by atomic mass is 9.99. The number of thioether (sulfide) groups is 1. The molecule has 35 heavy (non-hydrogen) atoms. The third-order valence-electron chi connectivity index (χ3n) is 6.28. The summed E-state index contributed by atoms with van der Waals surface area (Å²) in [6.07, 6.45) is 0.874. The lowest BCUT2D eigenvalue weighted by Crippen LogP contribution is -2.23. The molecule has 2 N–H and O–H groups in total. The van der Waals surface area contributed by atoms with Gasteiger partial charge in [-0.3, -0.25) is 0 Å². The predicted octanol–water partition coefficient (Wildman–Crippen LogP) is 6.88. The van der Waals surface area contributed by atoms with Gasteiger partial charge in [-0.1, -0.05) is 42.5 Å². The van der Waals surface area contributed by atoms with Gasteiger partial charge in [0, 0.05) is 17.1 Å². The molecule has 4 unspecified atom stereocenters. The fourth-order valence-electron chi connectivity index (χ4n) is 4.37. The van der Waals surface area contributed by atoms with Crippen LogP contribution in [0.1, 0.15) is 38.9 Å². The van der Waals surface area contributed by atoms with E-state index in [2.05, 4.69) is 6.07 Å². The van der Waals surface area contributed by atoms with E-state index >= 15 is 0 Å². The van der Waals surface area contributed by atoms with Crippen LogP contribution in [0.2, 0.25) is 0 Å². The molecule has 186 valence electrons. The zero-order valence-corrected chi connectivity index (χ0v) is 22.2. The number of hydrogen-bond acceptors (Lipinski definition) is 5. The van der Waals surface area contributed by atoms with Crippen molar-refractivity contribution in [2.45, 2.75) is 40.5 Å². The number of alkyl halides is 2. The molecule has 3 aromatic rings. The Morgan fingerprint density at radius 2 is 1.86 bits per heavy atom. The van der Waals surface area contributed by atoms with E-state index in [-0.39, 0.29) is 28.2 Å². The fourth-order valence-corrected chi connectivity index (χ4v) is 7.74. The number of carboxylic acids is 1. The lowest BCUT2D eigenvalue weighted by Gasteiger charge is -2.21. The molecule has 0 radical (unpaired) electrons. The molecule has 1 aromatic heterocycles. The second kappa shape index (κ2) is 12.6. The molecule has 2 aromatic carbocycles. The van der Waals surface area contributed by atoms with Gasteiger partial charge < -0.3 is 14.9 Å². The second-order valence-corrected chi connectivity index (χ2v) is 12.3. The molecule has 0 aliphatic heterocycles. The van der Waals surface area contributed by atoms with E-state index in [1.807, 2.05) is 42.5 Å². The number of benzene rings is 2. The summed E-state index contributed by atoms with van der Waals surface area (Å²) in [5, 5.41) is 19.6. The number of aliphatic hydroxyl groups excluding tert-OH is 1. The number of aromatic carboxylic acids is 1. The quantitative estimate of drug-likeness (QED) is 0.201. The Morgan fingerprint density at radius 1 is 1.09 bits per heavy atom. The van der Waals surface area contributed by atoms with Gasteiger partial charge >= 0.3 is 5.97 Å². The van der Waals surface area contributed by atoms with Gasteiger partial charge in [-0.05, 0) is 53.6 Å². The highest BCUT2D eigenvalue weighted by Crippen LogP contribution is 2.43. The van der Waals surface area contributed by atoms with Gasteiger partial charge in [0.15, 0.2) is 0 Å². The van der Waals surface area contributed by atoms with Gasteiger partial charge in [-0.15, -0.1) is 46.3 Å². The monoisotopic (exact) mass is 550 g/mol. The first-order valence-corrected chi connectivity index (χ1v) is 14.2. The van der Waals surface area contributed by atoms with Crippen molar-refractivity contribution < 1.29 is 19.7 Å². The molecule has 1 aliphatic rings. The van der Waals surface area contributed by atoms with Crippen LogP contribution in [0.5, 0.6) is 0 Å². The van der Waals surface area contributed by atoms with E-state index in [0.29, 0.717) is 19.6 Å². The van der Waals surface area contributed by atoms with Crippen LogP contribution in [0.3, 0.4) is 0 Å². The van der Waals surface area contributed by atoms with Crippen LogP contribution in [0.25, 0.3) is 0 Å². The number of halogens is 2. The highest BCUT2D eigenvalue weighted by atomic mass is 35.5.